The summed E-state index contributed by atoms with van der Waals surface area (Å²) in [5.41, 5.74) is -0.303. The number of carbonyl (C=O) groups excluding carboxylic acids is 1. The van der Waals surface area contributed by atoms with Gasteiger partial charge in [0.05, 0.1) is 12.4 Å². The summed E-state index contributed by atoms with van der Waals surface area (Å²) >= 11 is 0. The molecule has 0 aliphatic carbocycles. The fourth-order valence-electron chi connectivity index (χ4n) is 0.893. The smallest absolute Gasteiger partial charge is 0.335 e. The van der Waals surface area contributed by atoms with E-state index < -0.39 is 24.4 Å². The third-order valence-corrected chi connectivity index (χ3v) is 1.94. The van der Waals surface area contributed by atoms with E-state index in [2.05, 4.69) is 4.42 Å². The van der Waals surface area contributed by atoms with Gasteiger partial charge in [-0.15, -0.1) is 0 Å². The van der Waals surface area contributed by atoms with Crippen molar-refractivity contribution in [3.05, 3.63) is 34.9 Å². The van der Waals surface area contributed by atoms with Gasteiger partial charge in [-0.25, -0.2) is 4.79 Å². The minimum absolute atomic E-state index is 0.0935. The average molecular weight is 260 g/mol. The zero-order valence-corrected chi connectivity index (χ0v) is 9.71. The lowest BCUT2D eigenvalue weighted by Gasteiger charge is -2.21. The van der Waals surface area contributed by atoms with Crippen LogP contribution in [0.3, 0.4) is 0 Å². The number of hydrogen-bond donors (Lipinski definition) is 4. The van der Waals surface area contributed by atoms with Gasteiger partial charge in [-0.2, -0.15) is 0 Å². The van der Waals surface area contributed by atoms with Gasteiger partial charge in [-0.3, -0.25) is 0 Å². The first kappa shape index (κ1) is 16.5. The third-order valence-electron chi connectivity index (χ3n) is 1.94. The monoisotopic (exact) mass is 260 g/mol. The van der Waals surface area contributed by atoms with Crippen LogP contribution < -0.4 is 5.63 Å². The number of aliphatic hydroxyl groups excluding tert-OH is 4. The summed E-state index contributed by atoms with van der Waals surface area (Å²) in [7, 11) is 0. The Bertz CT molecular complexity index is 369. The number of aldehydes is 1. The number of carbonyl (C=O) groups is 1. The Hall–Kier alpha value is -1.54. The molecule has 0 amide bonds. The van der Waals surface area contributed by atoms with Crippen LogP contribution in [0.15, 0.2) is 33.7 Å². The van der Waals surface area contributed by atoms with E-state index >= 15 is 0 Å². The van der Waals surface area contributed by atoms with Crippen molar-refractivity contribution in [2.75, 3.05) is 0 Å². The highest BCUT2D eigenvalue weighted by Crippen LogP contribution is 2.02. The van der Waals surface area contributed by atoms with Crippen LogP contribution in [-0.2, 0) is 4.79 Å². The lowest BCUT2D eigenvalue weighted by Crippen LogP contribution is -2.43. The molecule has 7 heteroatoms. The molecule has 18 heavy (non-hydrogen) atoms. The molecular formula is C11H16O7. The number of aliphatic hydroxyl groups is 4. The van der Waals surface area contributed by atoms with Crippen LogP contribution >= 0.6 is 0 Å². The van der Waals surface area contributed by atoms with Crippen LogP contribution in [0.25, 0.3) is 0 Å². The minimum Gasteiger partial charge on any atom is -0.431 e. The highest BCUT2D eigenvalue weighted by molar-refractivity contribution is 5.56. The van der Waals surface area contributed by atoms with Crippen LogP contribution in [0, 0.1) is 0 Å². The summed E-state index contributed by atoms with van der Waals surface area (Å²) in [5.74, 6) is 0. The molecule has 1 rings (SSSR count). The van der Waals surface area contributed by atoms with Gasteiger partial charge in [0.1, 0.15) is 18.3 Å². The van der Waals surface area contributed by atoms with Crippen molar-refractivity contribution in [3.63, 3.8) is 0 Å². The molecule has 1 aromatic rings. The Morgan fingerprint density at radius 3 is 2.06 bits per heavy atom. The SMILES string of the molecule is CC(O)C(O)C(O)C(O)C=O.O=c1cccco1. The van der Waals surface area contributed by atoms with E-state index in [-0.39, 0.29) is 11.9 Å². The first-order valence-electron chi connectivity index (χ1n) is 5.11. The highest BCUT2D eigenvalue weighted by Gasteiger charge is 2.27. The molecule has 0 radical (unpaired) electrons. The Morgan fingerprint density at radius 1 is 1.17 bits per heavy atom. The Kier molecular flexibility index (Phi) is 7.81. The van der Waals surface area contributed by atoms with Crippen molar-refractivity contribution < 1.29 is 29.6 Å². The molecule has 0 fully saturated rings. The molecule has 0 spiro atoms. The lowest BCUT2D eigenvalue weighted by molar-refractivity contribution is -0.132. The standard InChI is InChI=1S/C6H12O5.C5H4O2/c1-3(8)5(10)6(11)4(9)2-7;6-5-3-1-2-4-7-5/h2-6,8-11H,1H3;1-4H. The molecule has 0 bridgehead atoms. The molecule has 0 saturated carbocycles. The van der Waals surface area contributed by atoms with Crippen LogP contribution in [0.1, 0.15) is 6.92 Å². The molecule has 1 aromatic heterocycles. The molecule has 102 valence electrons. The van der Waals surface area contributed by atoms with E-state index in [0.29, 0.717) is 0 Å². The molecule has 4 unspecified atom stereocenters. The zero-order valence-electron chi connectivity index (χ0n) is 9.71. The van der Waals surface area contributed by atoms with E-state index in [1.54, 1.807) is 12.1 Å². The molecule has 7 nitrogen and oxygen atoms in total. The summed E-state index contributed by atoms with van der Waals surface area (Å²) in [4.78, 5) is 20.0. The van der Waals surface area contributed by atoms with E-state index in [1.807, 2.05) is 0 Å². The van der Waals surface area contributed by atoms with Gasteiger partial charge in [0.25, 0.3) is 0 Å². The lowest BCUT2D eigenvalue weighted by atomic mass is 10.1. The average Bonchev–Trinajstić information content (AvgIpc) is 2.37. The summed E-state index contributed by atoms with van der Waals surface area (Å²) in [6.07, 6.45) is -4.53. The summed E-state index contributed by atoms with van der Waals surface area (Å²) < 4.78 is 4.37. The van der Waals surface area contributed by atoms with Gasteiger partial charge < -0.3 is 29.6 Å². The van der Waals surface area contributed by atoms with E-state index in [9.17, 15) is 9.59 Å². The second kappa shape index (κ2) is 8.54. The van der Waals surface area contributed by atoms with Gasteiger partial charge in [-0.1, -0.05) is 6.07 Å². The van der Waals surface area contributed by atoms with Crippen molar-refractivity contribution >= 4 is 6.29 Å². The van der Waals surface area contributed by atoms with E-state index in [1.165, 1.54) is 19.3 Å². The number of rotatable bonds is 4. The fourth-order valence-corrected chi connectivity index (χ4v) is 0.893. The van der Waals surface area contributed by atoms with Crippen LogP contribution in [0.2, 0.25) is 0 Å². The van der Waals surface area contributed by atoms with E-state index in [4.69, 9.17) is 20.4 Å². The molecule has 0 aromatic carbocycles. The number of hydrogen-bond acceptors (Lipinski definition) is 7. The molecule has 0 aliphatic rings. The second-order valence-corrected chi connectivity index (χ2v) is 3.47. The van der Waals surface area contributed by atoms with Gasteiger partial charge in [-0.05, 0) is 13.0 Å². The predicted molar refractivity (Wildman–Crippen MR) is 60.7 cm³/mol. The molecule has 1 heterocycles. The molecule has 4 atom stereocenters. The van der Waals surface area contributed by atoms with Gasteiger partial charge >= 0.3 is 5.63 Å². The van der Waals surface area contributed by atoms with Gasteiger partial charge in [0.2, 0.25) is 0 Å². The second-order valence-electron chi connectivity index (χ2n) is 3.47. The molecular weight excluding hydrogens is 244 g/mol. The van der Waals surface area contributed by atoms with Crippen molar-refractivity contribution in [1.82, 2.24) is 0 Å². The summed E-state index contributed by atoms with van der Waals surface area (Å²) in [6, 6.07) is 4.65. The Balaban J connectivity index is 0.000000351. The van der Waals surface area contributed by atoms with Crippen LogP contribution in [0.5, 0.6) is 0 Å². The highest BCUT2D eigenvalue weighted by atomic mass is 16.4. The molecule has 0 aliphatic heterocycles. The molecule has 0 saturated heterocycles. The first-order valence-corrected chi connectivity index (χ1v) is 5.11. The van der Waals surface area contributed by atoms with Crippen LogP contribution in [-0.4, -0.2) is 51.1 Å². The maximum Gasteiger partial charge on any atom is 0.335 e. The van der Waals surface area contributed by atoms with Crippen molar-refractivity contribution in [2.24, 2.45) is 0 Å². The normalized spacial score (nSPS) is 16.7. The Labute approximate surface area is 103 Å². The van der Waals surface area contributed by atoms with Crippen LogP contribution in [0.4, 0.5) is 0 Å². The Morgan fingerprint density at radius 2 is 1.78 bits per heavy atom. The largest absolute Gasteiger partial charge is 0.431 e. The van der Waals surface area contributed by atoms with Gasteiger partial charge in [0, 0.05) is 6.07 Å². The minimum atomic E-state index is -1.65. The maximum absolute atomic E-state index is 10.1. The maximum atomic E-state index is 10.1. The summed E-state index contributed by atoms with van der Waals surface area (Å²) in [6.45, 7) is 1.24. The van der Waals surface area contributed by atoms with Crippen molar-refractivity contribution in [1.29, 1.82) is 0 Å². The first-order chi connectivity index (χ1) is 8.40. The quantitative estimate of drug-likeness (QED) is 0.474. The fraction of sp³-hybridized carbons (Fsp3) is 0.455. The van der Waals surface area contributed by atoms with Gasteiger partial charge in [0.15, 0.2) is 6.29 Å². The predicted octanol–water partition coefficient (Wildman–Crippen LogP) is -1.71. The topological polar surface area (TPSA) is 128 Å². The molecule has 4 N–H and O–H groups in total. The zero-order chi connectivity index (χ0) is 14.1. The van der Waals surface area contributed by atoms with Crippen molar-refractivity contribution in [2.45, 2.75) is 31.3 Å². The van der Waals surface area contributed by atoms with E-state index in [0.717, 1.165) is 0 Å². The third kappa shape index (κ3) is 6.26. The van der Waals surface area contributed by atoms with Crippen molar-refractivity contribution in [3.8, 4) is 0 Å². The summed E-state index contributed by atoms with van der Waals surface area (Å²) in [5, 5.41) is 35.1.